The molecule has 180 valence electrons. The fourth-order valence-corrected chi connectivity index (χ4v) is 3.93. The van der Waals surface area contributed by atoms with Crippen molar-refractivity contribution in [3.05, 3.63) is 118 Å². The number of halogens is 1. The van der Waals surface area contributed by atoms with E-state index in [4.69, 9.17) is 26.8 Å². The minimum atomic E-state index is -1.26. The lowest BCUT2D eigenvalue weighted by Gasteiger charge is -2.20. The van der Waals surface area contributed by atoms with Crippen LogP contribution in [-0.2, 0) is 22.6 Å². The number of fused-ring (bicyclic) bond motifs is 1. The van der Waals surface area contributed by atoms with Crippen molar-refractivity contribution < 1.29 is 19.8 Å². The van der Waals surface area contributed by atoms with Gasteiger partial charge in [-0.15, -0.1) is 0 Å². The predicted molar refractivity (Wildman–Crippen MR) is 138 cm³/mol. The van der Waals surface area contributed by atoms with Crippen LogP contribution >= 0.6 is 11.6 Å². The summed E-state index contributed by atoms with van der Waals surface area (Å²) in [5.74, 6) is -1.37. The van der Waals surface area contributed by atoms with E-state index in [1.165, 1.54) is 22.3 Å². The average molecular weight is 491 g/mol. The maximum Gasteiger partial charge on any atom is 0.328 e. The summed E-state index contributed by atoms with van der Waals surface area (Å²) in [6.07, 6.45) is 2.98. The van der Waals surface area contributed by atoms with Crippen molar-refractivity contribution in [1.82, 2.24) is 4.90 Å². The Kier molecular flexibility index (Phi) is 9.21. The molecule has 7 heteroatoms. The molecular formula is C28H27ClN2O4. The Hall–Kier alpha value is -3.90. The first-order valence-electron chi connectivity index (χ1n) is 11.1. The highest BCUT2D eigenvalue weighted by molar-refractivity contribution is 6.30. The molecule has 4 rings (SSSR count). The number of aryl methyl sites for hydroxylation is 1. The van der Waals surface area contributed by atoms with Crippen molar-refractivity contribution in [1.29, 1.82) is 0 Å². The zero-order valence-corrected chi connectivity index (χ0v) is 20.1. The van der Waals surface area contributed by atoms with Gasteiger partial charge < -0.3 is 15.1 Å². The van der Waals surface area contributed by atoms with Gasteiger partial charge in [0.1, 0.15) is 11.9 Å². The summed E-state index contributed by atoms with van der Waals surface area (Å²) in [5.41, 5.74) is 5.17. The number of nitrogens with zero attached hydrogens (tertiary/aromatic N) is 2. The van der Waals surface area contributed by atoms with Crippen molar-refractivity contribution >= 4 is 29.4 Å². The number of carbonyl (C=O) groups is 2. The third-order valence-corrected chi connectivity index (χ3v) is 5.76. The van der Waals surface area contributed by atoms with Gasteiger partial charge in [-0.05, 0) is 40.8 Å². The van der Waals surface area contributed by atoms with Crippen LogP contribution in [0.5, 0.6) is 0 Å². The van der Waals surface area contributed by atoms with E-state index >= 15 is 0 Å². The van der Waals surface area contributed by atoms with Crippen molar-refractivity contribution in [3.63, 3.8) is 0 Å². The van der Waals surface area contributed by atoms with Gasteiger partial charge in [-0.25, -0.2) is 9.59 Å². The highest BCUT2D eigenvalue weighted by atomic mass is 35.5. The van der Waals surface area contributed by atoms with Gasteiger partial charge in [-0.2, -0.15) is 0 Å². The lowest BCUT2D eigenvalue weighted by atomic mass is 9.95. The number of aliphatic carboxylic acids is 2. The predicted octanol–water partition coefficient (Wildman–Crippen LogP) is 5.62. The summed E-state index contributed by atoms with van der Waals surface area (Å²) in [4.78, 5) is 26.6. The minimum Gasteiger partial charge on any atom is -0.478 e. The Morgan fingerprint density at radius 2 is 1.51 bits per heavy atom. The van der Waals surface area contributed by atoms with E-state index in [0.29, 0.717) is 12.2 Å². The number of amidine groups is 1. The molecule has 3 aromatic rings. The Bertz CT molecular complexity index is 1190. The van der Waals surface area contributed by atoms with E-state index in [1.54, 1.807) is 0 Å². The summed E-state index contributed by atoms with van der Waals surface area (Å²) in [7, 11) is 2.14. The second-order valence-electron chi connectivity index (χ2n) is 8.05. The Morgan fingerprint density at radius 3 is 2.14 bits per heavy atom. The maximum atomic E-state index is 9.55. The highest BCUT2D eigenvalue weighted by Gasteiger charge is 2.23. The van der Waals surface area contributed by atoms with Crippen LogP contribution in [0.3, 0.4) is 0 Å². The van der Waals surface area contributed by atoms with Crippen LogP contribution in [0.25, 0.3) is 0 Å². The maximum absolute atomic E-state index is 9.55. The Balaban J connectivity index is 0.000000371. The number of aliphatic imine (C=N–C) groups is 1. The van der Waals surface area contributed by atoms with Crippen LogP contribution in [-0.4, -0.2) is 39.9 Å². The number of rotatable bonds is 6. The molecule has 0 saturated heterocycles. The van der Waals surface area contributed by atoms with Crippen molar-refractivity contribution in [2.75, 3.05) is 7.05 Å². The van der Waals surface area contributed by atoms with Gasteiger partial charge in [0.2, 0.25) is 0 Å². The van der Waals surface area contributed by atoms with Gasteiger partial charge in [-0.3, -0.25) is 4.99 Å². The first-order valence-corrected chi connectivity index (χ1v) is 11.5. The second kappa shape index (κ2) is 12.5. The molecule has 0 bridgehead atoms. The average Bonchev–Trinajstić information content (AvgIpc) is 2.99. The van der Waals surface area contributed by atoms with E-state index in [9.17, 15) is 9.59 Å². The number of carboxylic acid groups (broad SMARTS) is 2. The molecule has 2 N–H and O–H groups in total. The van der Waals surface area contributed by atoms with E-state index < -0.39 is 11.9 Å². The molecule has 0 fully saturated rings. The molecule has 0 amide bonds. The summed E-state index contributed by atoms with van der Waals surface area (Å²) in [5, 5.41) is 16.4. The summed E-state index contributed by atoms with van der Waals surface area (Å²) >= 11 is 6.01. The van der Waals surface area contributed by atoms with Crippen LogP contribution in [0.15, 0.2) is 96.0 Å². The van der Waals surface area contributed by atoms with Crippen LogP contribution < -0.4 is 0 Å². The smallest absolute Gasteiger partial charge is 0.328 e. The van der Waals surface area contributed by atoms with Crippen molar-refractivity contribution in [3.8, 4) is 0 Å². The fraction of sp³-hybridized carbons (Fsp3) is 0.179. The molecule has 0 spiro atoms. The summed E-state index contributed by atoms with van der Waals surface area (Å²) in [6, 6.07) is 27.4. The van der Waals surface area contributed by atoms with Crippen LogP contribution in [0.1, 0.15) is 34.7 Å². The number of hydrogen-bond donors (Lipinski definition) is 2. The van der Waals surface area contributed by atoms with Crippen molar-refractivity contribution in [2.45, 2.75) is 25.4 Å². The molecule has 1 unspecified atom stereocenters. The molecule has 0 saturated carbocycles. The molecule has 1 atom stereocenters. The standard InChI is InChI=1S/C24H23ClN2.C4H4O4/c1-27-17-20-9-5-6-10-22(20)24(19-7-3-2-4-8-19)26-23(27)16-13-18-11-14-21(25)15-12-18;5-3(6)1-2-4(7)8/h2-12,14-15,24H,13,16-17H2,1H3;1-2H,(H,5,6)(H,7,8)/b;2-1+. The molecule has 0 aliphatic carbocycles. The molecule has 1 aliphatic rings. The SMILES string of the molecule is CN1Cc2ccccc2C(c2ccccc2)N=C1CCc1ccc(Cl)cc1.O=C(O)/C=C/C(=O)O. The normalized spacial score (nSPS) is 14.9. The zero-order chi connectivity index (χ0) is 25.2. The van der Waals surface area contributed by atoms with Gasteiger partial charge in [0.25, 0.3) is 0 Å². The lowest BCUT2D eigenvalue weighted by Crippen LogP contribution is -2.26. The van der Waals surface area contributed by atoms with Crippen LogP contribution in [0.4, 0.5) is 0 Å². The molecule has 1 heterocycles. The lowest BCUT2D eigenvalue weighted by molar-refractivity contribution is -0.134. The highest BCUT2D eigenvalue weighted by Crippen LogP contribution is 2.32. The summed E-state index contributed by atoms with van der Waals surface area (Å²) < 4.78 is 0. The fourth-order valence-electron chi connectivity index (χ4n) is 3.80. The van der Waals surface area contributed by atoms with Crippen molar-refractivity contribution in [2.24, 2.45) is 4.99 Å². The molecular weight excluding hydrogens is 464 g/mol. The van der Waals surface area contributed by atoms with Gasteiger partial charge >= 0.3 is 11.9 Å². The zero-order valence-electron chi connectivity index (χ0n) is 19.3. The molecule has 3 aromatic carbocycles. The van der Waals surface area contributed by atoms with E-state index in [-0.39, 0.29) is 6.04 Å². The molecule has 6 nitrogen and oxygen atoms in total. The monoisotopic (exact) mass is 490 g/mol. The minimum absolute atomic E-state index is 0.0487. The van der Waals surface area contributed by atoms with E-state index in [0.717, 1.165) is 30.2 Å². The van der Waals surface area contributed by atoms with E-state index in [2.05, 4.69) is 78.7 Å². The first kappa shape index (κ1) is 25.7. The number of hydrogen-bond acceptors (Lipinski definition) is 4. The third-order valence-electron chi connectivity index (χ3n) is 5.51. The van der Waals surface area contributed by atoms with Gasteiger partial charge in [0.15, 0.2) is 0 Å². The van der Waals surface area contributed by atoms with Gasteiger partial charge in [0, 0.05) is 37.2 Å². The second-order valence-corrected chi connectivity index (χ2v) is 8.49. The molecule has 0 aromatic heterocycles. The first-order chi connectivity index (χ1) is 16.8. The van der Waals surface area contributed by atoms with Crippen LogP contribution in [0, 0.1) is 0 Å². The summed E-state index contributed by atoms with van der Waals surface area (Å²) in [6.45, 7) is 0.888. The largest absolute Gasteiger partial charge is 0.478 e. The van der Waals surface area contributed by atoms with Gasteiger partial charge in [-0.1, -0.05) is 78.3 Å². The topological polar surface area (TPSA) is 90.2 Å². The number of benzene rings is 3. The molecule has 35 heavy (non-hydrogen) atoms. The Morgan fingerprint density at radius 1 is 0.914 bits per heavy atom. The van der Waals surface area contributed by atoms with E-state index in [1.807, 2.05) is 12.1 Å². The molecule has 0 radical (unpaired) electrons. The molecule has 1 aliphatic heterocycles. The van der Waals surface area contributed by atoms with Crippen LogP contribution in [0.2, 0.25) is 5.02 Å². The van der Waals surface area contributed by atoms with Gasteiger partial charge in [0.05, 0.1) is 0 Å². The number of carboxylic acids is 2. The Labute approximate surface area is 209 Å². The third kappa shape index (κ3) is 7.83. The quantitative estimate of drug-likeness (QED) is 0.438.